The number of nitrogens with one attached hydrogen (secondary N) is 2. The first-order valence-corrected chi connectivity index (χ1v) is 9.40. The van der Waals surface area contributed by atoms with Crippen molar-refractivity contribution in [1.29, 1.82) is 0 Å². The number of benzene rings is 2. The summed E-state index contributed by atoms with van der Waals surface area (Å²) in [6.07, 6.45) is 1.98. The summed E-state index contributed by atoms with van der Waals surface area (Å²) in [5.74, 6) is -0.452. The summed E-state index contributed by atoms with van der Waals surface area (Å²) in [4.78, 5) is 40.5. The van der Waals surface area contributed by atoms with E-state index in [-0.39, 0.29) is 37.0 Å². The summed E-state index contributed by atoms with van der Waals surface area (Å²) in [7, 11) is 0. The highest BCUT2D eigenvalue weighted by molar-refractivity contribution is 6.12. The molecule has 1 fully saturated rings. The van der Waals surface area contributed by atoms with Crippen LogP contribution in [-0.2, 0) is 16.1 Å². The van der Waals surface area contributed by atoms with E-state index in [1.165, 1.54) is 9.80 Å². The molecule has 2 aromatic rings. The molecule has 2 aliphatic rings. The van der Waals surface area contributed by atoms with Crippen molar-refractivity contribution in [3.05, 3.63) is 60.2 Å². The average Bonchev–Trinajstić information content (AvgIpc) is 3.52. The quantitative estimate of drug-likeness (QED) is 0.835. The van der Waals surface area contributed by atoms with Crippen molar-refractivity contribution in [2.75, 3.05) is 22.9 Å². The summed E-state index contributed by atoms with van der Waals surface area (Å²) in [5, 5.41) is 5.76. The molecule has 1 heterocycles. The van der Waals surface area contributed by atoms with Crippen molar-refractivity contribution in [2.24, 2.45) is 0 Å². The van der Waals surface area contributed by atoms with E-state index in [1.807, 2.05) is 36.4 Å². The van der Waals surface area contributed by atoms with E-state index in [1.54, 1.807) is 18.2 Å². The number of carbonyl (C=O) groups is 3. The van der Waals surface area contributed by atoms with Crippen LogP contribution in [0.1, 0.15) is 18.4 Å². The van der Waals surface area contributed by atoms with Gasteiger partial charge in [-0.2, -0.15) is 0 Å². The SMILES string of the molecule is O=C(CN1C(=O)CN(C(=O)NCc2ccccc2)c2ccccc21)NC1CC1. The van der Waals surface area contributed by atoms with Crippen molar-refractivity contribution < 1.29 is 14.4 Å². The predicted molar refractivity (Wildman–Crippen MR) is 106 cm³/mol. The van der Waals surface area contributed by atoms with Crippen LogP contribution in [0.25, 0.3) is 0 Å². The molecule has 1 saturated carbocycles. The Labute approximate surface area is 163 Å². The number of nitrogens with zero attached hydrogens (tertiary/aromatic N) is 2. The molecule has 7 heteroatoms. The van der Waals surface area contributed by atoms with E-state index in [9.17, 15) is 14.4 Å². The van der Waals surface area contributed by atoms with E-state index in [0.717, 1.165) is 18.4 Å². The molecule has 4 amide bonds. The highest BCUT2D eigenvalue weighted by Crippen LogP contribution is 2.33. The van der Waals surface area contributed by atoms with Crippen LogP contribution in [0, 0.1) is 0 Å². The average molecular weight is 378 g/mol. The molecule has 1 aliphatic carbocycles. The van der Waals surface area contributed by atoms with E-state index < -0.39 is 0 Å². The molecule has 28 heavy (non-hydrogen) atoms. The van der Waals surface area contributed by atoms with Gasteiger partial charge >= 0.3 is 6.03 Å². The Balaban J connectivity index is 1.49. The van der Waals surface area contributed by atoms with Gasteiger partial charge in [0, 0.05) is 12.6 Å². The summed E-state index contributed by atoms with van der Waals surface area (Å²) >= 11 is 0. The number of anilines is 2. The lowest BCUT2D eigenvalue weighted by molar-refractivity contribution is -0.123. The van der Waals surface area contributed by atoms with Gasteiger partial charge in [0.15, 0.2) is 0 Å². The maximum Gasteiger partial charge on any atom is 0.322 e. The molecule has 0 atom stereocenters. The molecular formula is C21H22N4O3. The lowest BCUT2D eigenvalue weighted by Gasteiger charge is -2.35. The first-order valence-electron chi connectivity index (χ1n) is 9.40. The van der Waals surface area contributed by atoms with E-state index >= 15 is 0 Å². The number of para-hydroxylation sites is 2. The van der Waals surface area contributed by atoms with Crippen LogP contribution < -0.4 is 20.4 Å². The Hall–Kier alpha value is -3.35. The molecule has 4 rings (SSSR count). The van der Waals surface area contributed by atoms with Gasteiger partial charge in [-0.3, -0.25) is 19.4 Å². The number of amides is 4. The molecule has 1 aliphatic heterocycles. The highest BCUT2D eigenvalue weighted by atomic mass is 16.2. The van der Waals surface area contributed by atoms with Crippen LogP contribution in [0.2, 0.25) is 0 Å². The zero-order chi connectivity index (χ0) is 19.5. The number of hydrogen-bond donors (Lipinski definition) is 2. The Bertz CT molecular complexity index is 896. The molecule has 0 aromatic heterocycles. The van der Waals surface area contributed by atoms with Crippen LogP contribution in [-0.4, -0.2) is 37.0 Å². The van der Waals surface area contributed by atoms with Crippen LogP contribution >= 0.6 is 0 Å². The van der Waals surface area contributed by atoms with Gasteiger partial charge in [-0.05, 0) is 30.5 Å². The number of hydrogen-bond acceptors (Lipinski definition) is 3. The van der Waals surface area contributed by atoms with Gasteiger partial charge in [0.2, 0.25) is 11.8 Å². The van der Waals surface area contributed by atoms with Gasteiger partial charge in [-0.25, -0.2) is 4.79 Å². The van der Waals surface area contributed by atoms with Crippen molar-refractivity contribution in [2.45, 2.75) is 25.4 Å². The second-order valence-corrected chi connectivity index (χ2v) is 7.04. The van der Waals surface area contributed by atoms with Gasteiger partial charge < -0.3 is 10.6 Å². The van der Waals surface area contributed by atoms with Crippen molar-refractivity contribution in [3.8, 4) is 0 Å². The van der Waals surface area contributed by atoms with Crippen LogP contribution in [0.15, 0.2) is 54.6 Å². The van der Waals surface area contributed by atoms with Crippen LogP contribution in [0.3, 0.4) is 0 Å². The second kappa shape index (κ2) is 7.72. The highest BCUT2D eigenvalue weighted by Gasteiger charge is 2.34. The molecular weight excluding hydrogens is 356 g/mol. The van der Waals surface area contributed by atoms with Gasteiger partial charge in [0.05, 0.1) is 11.4 Å². The van der Waals surface area contributed by atoms with Gasteiger partial charge in [-0.1, -0.05) is 42.5 Å². The largest absolute Gasteiger partial charge is 0.352 e. The van der Waals surface area contributed by atoms with Gasteiger partial charge in [0.25, 0.3) is 0 Å². The fourth-order valence-corrected chi connectivity index (χ4v) is 3.23. The van der Waals surface area contributed by atoms with E-state index in [4.69, 9.17) is 0 Å². The number of carbonyl (C=O) groups excluding carboxylic acids is 3. The van der Waals surface area contributed by atoms with Crippen LogP contribution in [0.4, 0.5) is 16.2 Å². The molecule has 2 aromatic carbocycles. The monoisotopic (exact) mass is 378 g/mol. The Kier molecular flexibility index (Phi) is 4.97. The third-order valence-corrected chi connectivity index (χ3v) is 4.83. The van der Waals surface area contributed by atoms with Crippen molar-refractivity contribution in [1.82, 2.24) is 10.6 Å². The summed E-state index contributed by atoms with van der Waals surface area (Å²) < 4.78 is 0. The topological polar surface area (TPSA) is 81.8 Å². The van der Waals surface area contributed by atoms with E-state index in [2.05, 4.69) is 10.6 Å². The summed E-state index contributed by atoms with van der Waals surface area (Å²) in [5.41, 5.74) is 2.16. The normalized spacial score (nSPS) is 15.8. The molecule has 0 radical (unpaired) electrons. The lowest BCUT2D eigenvalue weighted by Crippen LogP contribution is -2.53. The Morgan fingerprint density at radius 2 is 1.64 bits per heavy atom. The zero-order valence-electron chi connectivity index (χ0n) is 15.4. The Morgan fingerprint density at radius 3 is 2.36 bits per heavy atom. The van der Waals surface area contributed by atoms with Gasteiger partial charge in [-0.15, -0.1) is 0 Å². The summed E-state index contributed by atoms with van der Waals surface area (Å²) in [6, 6.07) is 16.6. The third-order valence-electron chi connectivity index (χ3n) is 4.83. The molecule has 144 valence electrons. The zero-order valence-corrected chi connectivity index (χ0v) is 15.4. The molecule has 0 spiro atoms. The maximum absolute atomic E-state index is 12.7. The molecule has 0 unspecified atom stereocenters. The lowest BCUT2D eigenvalue weighted by atomic mass is 10.1. The first-order chi connectivity index (χ1) is 13.6. The first kappa shape index (κ1) is 18.0. The minimum atomic E-state index is -0.341. The minimum Gasteiger partial charge on any atom is -0.352 e. The van der Waals surface area contributed by atoms with E-state index in [0.29, 0.717) is 17.9 Å². The fraction of sp³-hybridized carbons (Fsp3) is 0.286. The fourth-order valence-electron chi connectivity index (χ4n) is 3.23. The number of urea groups is 1. The number of fused-ring (bicyclic) bond motifs is 1. The third kappa shape index (κ3) is 3.98. The van der Waals surface area contributed by atoms with Crippen molar-refractivity contribution in [3.63, 3.8) is 0 Å². The van der Waals surface area contributed by atoms with Crippen LogP contribution in [0.5, 0.6) is 0 Å². The maximum atomic E-state index is 12.7. The predicted octanol–water partition coefficient (Wildman–Crippen LogP) is 2.03. The molecule has 0 bridgehead atoms. The molecule has 2 N–H and O–H groups in total. The standard InChI is InChI=1S/C21H22N4O3/c26-19(23-16-10-11-16)13-24-17-8-4-5-9-18(17)25(14-20(24)27)21(28)22-12-15-6-2-1-3-7-15/h1-9,16H,10-14H2,(H,22,28)(H,23,26). The Morgan fingerprint density at radius 1 is 0.964 bits per heavy atom. The van der Waals surface area contributed by atoms with Gasteiger partial charge in [0.1, 0.15) is 13.1 Å². The number of rotatable bonds is 5. The second-order valence-electron chi connectivity index (χ2n) is 7.04. The smallest absolute Gasteiger partial charge is 0.322 e. The minimum absolute atomic E-state index is 0.0359. The molecule has 7 nitrogen and oxygen atoms in total. The summed E-state index contributed by atoms with van der Waals surface area (Å²) in [6.45, 7) is 0.236. The molecule has 0 saturated heterocycles. The van der Waals surface area contributed by atoms with Crippen molar-refractivity contribution >= 4 is 29.2 Å².